The number of carboxylic acid groups (broad SMARTS) is 1. The van der Waals surface area contributed by atoms with Crippen molar-refractivity contribution < 1.29 is 32.6 Å². The lowest BCUT2D eigenvalue weighted by atomic mass is 10.0. The average molecular weight is 547 g/mol. The highest BCUT2D eigenvalue weighted by Crippen LogP contribution is 2.22. The third kappa shape index (κ3) is 7.41. The number of halogens is 2. The topological polar surface area (TPSA) is 102 Å². The molecule has 0 fully saturated rings. The van der Waals surface area contributed by atoms with E-state index in [1.807, 2.05) is 37.3 Å². The van der Waals surface area contributed by atoms with E-state index in [9.17, 15) is 23.5 Å². The van der Waals surface area contributed by atoms with Gasteiger partial charge in [0.15, 0.2) is 5.78 Å². The second-order valence-electron chi connectivity index (χ2n) is 9.19. The van der Waals surface area contributed by atoms with Crippen molar-refractivity contribution in [2.75, 3.05) is 6.61 Å². The summed E-state index contributed by atoms with van der Waals surface area (Å²) in [5.41, 5.74) is 2.38. The molecule has 4 aromatic rings. The van der Waals surface area contributed by atoms with E-state index >= 15 is 0 Å². The molecule has 1 atom stereocenters. The fraction of sp³-hybridized carbons (Fsp3) is 0.194. The molecule has 0 aliphatic carbocycles. The number of oxazole rings is 1. The number of aryl methyl sites for hydroxylation is 1. The van der Waals surface area contributed by atoms with E-state index in [1.165, 1.54) is 6.92 Å². The Balaban J connectivity index is 1.31. The normalized spacial score (nSPS) is 12.2. The Labute approximate surface area is 230 Å². The van der Waals surface area contributed by atoms with E-state index in [2.05, 4.69) is 10.3 Å². The van der Waals surface area contributed by atoms with Gasteiger partial charge in [-0.05, 0) is 55.8 Å². The van der Waals surface area contributed by atoms with Gasteiger partial charge in [0.25, 0.3) is 0 Å². The van der Waals surface area contributed by atoms with Crippen LogP contribution in [0.15, 0.2) is 89.0 Å². The molecule has 2 N–H and O–H groups in total. The van der Waals surface area contributed by atoms with Crippen LogP contribution in [-0.2, 0) is 17.6 Å². The highest BCUT2D eigenvalue weighted by Gasteiger charge is 2.19. The van der Waals surface area contributed by atoms with Crippen LogP contribution in [0.5, 0.6) is 5.75 Å². The van der Waals surface area contributed by atoms with E-state index in [-0.39, 0.29) is 17.7 Å². The molecule has 0 spiro atoms. The van der Waals surface area contributed by atoms with E-state index in [0.717, 1.165) is 40.8 Å². The van der Waals surface area contributed by atoms with Gasteiger partial charge in [-0.25, -0.2) is 18.6 Å². The second kappa shape index (κ2) is 12.8. The lowest BCUT2D eigenvalue weighted by Gasteiger charge is -2.16. The largest absolute Gasteiger partial charge is 0.493 e. The highest BCUT2D eigenvalue weighted by atomic mass is 19.1. The predicted molar refractivity (Wildman–Crippen MR) is 145 cm³/mol. The number of carbonyl (C=O) groups excluding carboxylic acids is 1. The number of carboxylic acids is 1. The minimum Gasteiger partial charge on any atom is -0.493 e. The Morgan fingerprint density at radius 1 is 1.07 bits per heavy atom. The first-order valence-corrected chi connectivity index (χ1v) is 12.6. The Morgan fingerprint density at radius 3 is 2.48 bits per heavy atom. The van der Waals surface area contributed by atoms with Crippen molar-refractivity contribution in [1.82, 2.24) is 10.3 Å². The zero-order valence-electron chi connectivity index (χ0n) is 22.0. The van der Waals surface area contributed by atoms with Crippen LogP contribution in [0.4, 0.5) is 8.78 Å². The number of aliphatic carboxylic acids is 1. The number of ether oxygens (including phenoxy) is 1. The number of nitrogens with zero attached hydrogens (tertiary/aromatic N) is 1. The molecule has 0 aliphatic heterocycles. The number of rotatable bonds is 12. The first-order chi connectivity index (χ1) is 19.2. The van der Waals surface area contributed by atoms with Crippen molar-refractivity contribution in [1.29, 1.82) is 0 Å². The molecule has 7 nitrogen and oxygen atoms in total. The third-order valence-corrected chi connectivity index (χ3v) is 6.13. The Bertz CT molecular complexity index is 1510. The molecule has 0 aliphatic rings. The van der Waals surface area contributed by atoms with Crippen LogP contribution in [0.25, 0.3) is 11.5 Å². The standard InChI is InChI=1S/C31H28F2N2O5/c1-19(16-29(36)25-13-10-23(32)18-26(25)33)34-28(31(37)38)17-21-8-11-24(12-9-21)39-15-14-27-20(2)40-30(35-27)22-6-4-3-5-7-22/h3-13,16,18,28,34H,14-15,17H2,1-2H3,(H,37,38)/b19-16+/t28-/m0/s1. The summed E-state index contributed by atoms with van der Waals surface area (Å²) in [4.78, 5) is 28.8. The zero-order valence-corrected chi connectivity index (χ0v) is 22.0. The molecular weight excluding hydrogens is 518 g/mol. The maximum Gasteiger partial charge on any atom is 0.326 e. The smallest absolute Gasteiger partial charge is 0.326 e. The van der Waals surface area contributed by atoms with Crippen LogP contribution in [0.3, 0.4) is 0 Å². The molecule has 9 heteroatoms. The summed E-state index contributed by atoms with van der Waals surface area (Å²) in [7, 11) is 0. The first kappa shape index (κ1) is 28.2. The van der Waals surface area contributed by atoms with Crippen molar-refractivity contribution in [2.45, 2.75) is 32.7 Å². The van der Waals surface area contributed by atoms with Gasteiger partial charge >= 0.3 is 5.97 Å². The van der Waals surface area contributed by atoms with Crippen LogP contribution in [0, 0.1) is 18.6 Å². The minimum atomic E-state index is -1.12. The van der Waals surface area contributed by atoms with Crippen LogP contribution in [0.1, 0.15) is 34.3 Å². The Hall–Kier alpha value is -4.79. The molecule has 4 rings (SSSR count). The molecule has 0 radical (unpaired) electrons. The van der Waals surface area contributed by atoms with Crippen LogP contribution in [-0.4, -0.2) is 34.5 Å². The van der Waals surface area contributed by atoms with Gasteiger partial charge in [-0.2, -0.15) is 0 Å². The number of carbonyl (C=O) groups is 2. The van der Waals surface area contributed by atoms with Gasteiger partial charge in [0.1, 0.15) is 29.2 Å². The van der Waals surface area contributed by atoms with Crippen molar-refractivity contribution in [3.63, 3.8) is 0 Å². The summed E-state index contributed by atoms with van der Waals surface area (Å²) in [6.07, 6.45) is 1.77. The van der Waals surface area contributed by atoms with Crippen LogP contribution >= 0.6 is 0 Å². The lowest BCUT2D eigenvalue weighted by molar-refractivity contribution is -0.139. The van der Waals surface area contributed by atoms with E-state index in [4.69, 9.17) is 9.15 Å². The second-order valence-corrected chi connectivity index (χ2v) is 9.19. The average Bonchev–Trinajstić information content (AvgIpc) is 3.29. The number of benzene rings is 3. The molecule has 1 aromatic heterocycles. The third-order valence-electron chi connectivity index (χ3n) is 6.13. The molecule has 40 heavy (non-hydrogen) atoms. The quantitative estimate of drug-likeness (QED) is 0.168. The Morgan fingerprint density at radius 2 is 1.80 bits per heavy atom. The van der Waals surface area contributed by atoms with Gasteiger partial charge in [-0.3, -0.25) is 4.79 Å². The van der Waals surface area contributed by atoms with E-state index in [0.29, 0.717) is 30.7 Å². The van der Waals surface area contributed by atoms with Crippen molar-refractivity contribution in [2.24, 2.45) is 0 Å². The van der Waals surface area contributed by atoms with Crippen LogP contribution in [0.2, 0.25) is 0 Å². The van der Waals surface area contributed by atoms with Crippen molar-refractivity contribution in [3.8, 4) is 17.2 Å². The molecule has 0 saturated heterocycles. The molecule has 0 amide bonds. The maximum atomic E-state index is 13.9. The van der Waals surface area contributed by atoms with Crippen molar-refractivity contribution in [3.05, 3.63) is 119 Å². The zero-order chi connectivity index (χ0) is 28.6. The number of allylic oxidation sites excluding steroid dienone is 2. The van der Waals surface area contributed by atoms with Crippen molar-refractivity contribution >= 4 is 11.8 Å². The van der Waals surface area contributed by atoms with E-state index < -0.39 is 29.4 Å². The van der Waals surface area contributed by atoms with Gasteiger partial charge in [0.05, 0.1) is 17.9 Å². The SMILES string of the molecule is C/C(=C\C(=O)c1ccc(F)cc1F)N[C@@H](Cc1ccc(OCCc2nc(-c3ccccc3)oc2C)cc1)C(=O)O. The Kier molecular flexibility index (Phi) is 9.06. The predicted octanol–water partition coefficient (Wildman–Crippen LogP) is 5.92. The molecule has 0 unspecified atom stereocenters. The molecule has 0 bridgehead atoms. The van der Waals surface area contributed by atoms with Gasteiger partial charge in [-0.1, -0.05) is 30.3 Å². The molecular formula is C31H28F2N2O5. The van der Waals surface area contributed by atoms with Gasteiger partial charge in [-0.15, -0.1) is 0 Å². The summed E-state index contributed by atoms with van der Waals surface area (Å²) >= 11 is 0. The highest BCUT2D eigenvalue weighted by molar-refractivity contribution is 6.05. The van der Waals surface area contributed by atoms with Gasteiger partial charge in [0, 0.05) is 36.2 Å². The first-order valence-electron chi connectivity index (χ1n) is 12.6. The molecule has 3 aromatic carbocycles. The lowest BCUT2D eigenvalue weighted by Crippen LogP contribution is -2.37. The fourth-order valence-electron chi connectivity index (χ4n) is 4.07. The number of hydrogen-bond acceptors (Lipinski definition) is 6. The van der Waals surface area contributed by atoms with E-state index in [1.54, 1.807) is 24.3 Å². The minimum absolute atomic E-state index is 0.125. The van der Waals surface area contributed by atoms with Gasteiger partial charge < -0.3 is 19.6 Å². The van der Waals surface area contributed by atoms with Gasteiger partial charge in [0.2, 0.25) is 5.89 Å². The number of aromatic nitrogens is 1. The fourth-order valence-corrected chi connectivity index (χ4v) is 4.07. The monoisotopic (exact) mass is 546 g/mol. The molecule has 1 heterocycles. The van der Waals surface area contributed by atoms with Crippen LogP contribution < -0.4 is 10.1 Å². The summed E-state index contributed by atoms with van der Waals surface area (Å²) in [5, 5.41) is 12.5. The number of nitrogens with one attached hydrogen (secondary N) is 1. The molecule has 0 saturated carbocycles. The maximum absolute atomic E-state index is 13.9. The number of ketones is 1. The summed E-state index contributed by atoms with van der Waals surface area (Å²) in [5.74, 6) is -1.68. The summed E-state index contributed by atoms with van der Waals surface area (Å²) in [6, 6.07) is 18.3. The summed E-state index contributed by atoms with van der Waals surface area (Å²) in [6.45, 7) is 3.75. The number of hydrogen-bond donors (Lipinski definition) is 2. The summed E-state index contributed by atoms with van der Waals surface area (Å²) < 4.78 is 38.6. The molecule has 206 valence electrons.